The molecule has 0 saturated carbocycles. The molecule has 8 nitrogen and oxygen atoms in total. The number of Topliss-reactive ketones (excluding diaryl/α,β-unsaturated/α-hetero) is 1. The van der Waals surface area contributed by atoms with Gasteiger partial charge in [-0.1, -0.05) is 71.1 Å². The van der Waals surface area contributed by atoms with Crippen LogP contribution in [0.3, 0.4) is 0 Å². The van der Waals surface area contributed by atoms with Crippen LogP contribution in [0.1, 0.15) is 39.7 Å². The zero-order valence-electron chi connectivity index (χ0n) is 22.3. The second kappa shape index (κ2) is 10.6. The quantitative estimate of drug-likeness (QED) is 0.0836. The molecule has 0 bridgehead atoms. The molecular weight excluding hydrogens is 561 g/mol. The van der Waals surface area contributed by atoms with Gasteiger partial charge in [0.05, 0.1) is 17.3 Å². The van der Waals surface area contributed by atoms with Crippen LogP contribution in [-0.4, -0.2) is 36.4 Å². The van der Waals surface area contributed by atoms with Crippen molar-refractivity contribution < 1.29 is 19.1 Å². The molecule has 0 radical (unpaired) electrons. The number of aryl methyl sites for hydroxylation is 3. The van der Waals surface area contributed by atoms with Crippen LogP contribution < -0.4 is 4.90 Å². The van der Waals surface area contributed by atoms with Crippen molar-refractivity contribution in [3.8, 4) is 0 Å². The van der Waals surface area contributed by atoms with Gasteiger partial charge in [-0.05, 0) is 55.7 Å². The molecule has 0 spiro atoms. The Kier molecular flexibility index (Phi) is 6.92. The van der Waals surface area contributed by atoms with Crippen molar-refractivity contribution in [2.45, 2.75) is 36.9 Å². The maximum Gasteiger partial charge on any atom is 0.301 e. The smallest absolute Gasteiger partial charge is 0.301 e. The summed E-state index contributed by atoms with van der Waals surface area (Å²) in [7, 11) is 0. The molecule has 0 aliphatic carbocycles. The summed E-state index contributed by atoms with van der Waals surface area (Å²) in [6.45, 7) is 5.66. The van der Waals surface area contributed by atoms with Gasteiger partial charge in [0.15, 0.2) is 10.1 Å². The molecule has 1 saturated heterocycles. The third-order valence-electron chi connectivity index (χ3n) is 7.02. The van der Waals surface area contributed by atoms with E-state index in [9.17, 15) is 19.1 Å². The molecule has 1 N–H and O–H groups in total. The molecule has 1 unspecified atom stereocenters. The fraction of sp³-hybridized carbons (Fsp3) is 0.167. The maximum absolute atomic E-state index is 13.6. The minimum atomic E-state index is -0.927. The van der Waals surface area contributed by atoms with E-state index >= 15 is 0 Å². The highest BCUT2D eigenvalue weighted by Crippen LogP contribution is 2.44. The molecule has 6 rings (SSSR count). The Labute approximate surface area is 243 Å². The number of thioether (sulfide) groups is 1. The van der Waals surface area contributed by atoms with Crippen molar-refractivity contribution in [2.75, 3.05) is 4.90 Å². The zero-order chi connectivity index (χ0) is 28.8. The van der Waals surface area contributed by atoms with Gasteiger partial charge in [-0.3, -0.25) is 14.5 Å². The Bertz CT molecular complexity index is 1840. The van der Waals surface area contributed by atoms with E-state index in [4.69, 9.17) is 0 Å². The van der Waals surface area contributed by atoms with E-state index in [0.717, 1.165) is 16.7 Å². The lowest BCUT2D eigenvalue weighted by Gasteiger charge is -2.22. The number of halogens is 1. The van der Waals surface area contributed by atoms with E-state index in [1.165, 1.54) is 40.1 Å². The van der Waals surface area contributed by atoms with Gasteiger partial charge in [0.25, 0.3) is 5.78 Å². The standard InChI is InChI=1S/C30H24FN5O3S2/c1-16-6-10-20(11-7-16)24-22(25(37)23-18(3)35-14-4-5-17(2)27(35)32-23)26(38)28(39)36(24)29-33-34-30(41-29)40-15-19-8-12-21(31)13-9-19/h4-14,24,37H,15H2,1-3H3. The molecule has 206 valence electrons. The van der Waals surface area contributed by atoms with E-state index in [-0.39, 0.29) is 28.0 Å². The number of anilines is 1. The Morgan fingerprint density at radius 3 is 2.46 bits per heavy atom. The van der Waals surface area contributed by atoms with Crippen molar-refractivity contribution in [1.29, 1.82) is 0 Å². The summed E-state index contributed by atoms with van der Waals surface area (Å²) in [5.74, 6) is -1.75. The number of benzene rings is 2. The molecule has 5 aromatic rings. The third-order valence-corrected chi connectivity index (χ3v) is 9.15. The number of aliphatic hydroxyl groups excluding tert-OH is 1. The van der Waals surface area contributed by atoms with Crippen molar-refractivity contribution >= 4 is 51.3 Å². The number of carbonyl (C=O) groups is 2. The summed E-state index contributed by atoms with van der Waals surface area (Å²) in [5.41, 5.74) is 4.94. The number of amides is 1. The molecule has 2 aromatic carbocycles. The Morgan fingerprint density at radius 2 is 1.76 bits per heavy atom. The fourth-order valence-electron chi connectivity index (χ4n) is 4.85. The molecule has 3 aromatic heterocycles. The van der Waals surface area contributed by atoms with Gasteiger partial charge >= 0.3 is 5.91 Å². The number of imidazole rings is 1. The number of nitrogens with zero attached hydrogens (tertiary/aromatic N) is 5. The first kappa shape index (κ1) is 26.9. The number of ketones is 1. The summed E-state index contributed by atoms with van der Waals surface area (Å²) in [4.78, 5) is 33.0. The minimum absolute atomic E-state index is 0.0567. The molecular formula is C30H24FN5O3S2. The average Bonchev–Trinajstić information content (AvgIpc) is 3.64. The van der Waals surface area contributed by atoms with Crippen LogP contribution in [0.25, 0.3) is 11.4 Å². The molecule has 1 fully saturated rings. The second-order valence-electron chi connectivity index (χ2n) is 9.78. The lowest BCUT2D eigenvalue weighted by Crippen LogP contribution is -2.29. The number of aliphatic hydroxyl groups is 1. The first-order chi connectivity index (χ1) is 19.7. The van der Waals surface area contributed by atoms with Gasteiger partial charge in [0, 0.05) is 11.9 Å². The summed E-state index contributed by atoms with van der Waals surface area (Å²) in [6.07, 6.45) is 1.84. The van der Waals surface area contributed by atoms with Crippen LogP contribution in [0, 0.1) is 26.6 Å². The van der Waals surface area contributed by atoms with E-state index in [1.54, 1.807) is 19.1 Å². The number of pyridine rings is 1. The number of aromatic nitrogens is 4. The maximum atomic E-state index is 13.6. The number of rotatable bonds is 6. The molecule has 41 heavy (non-hydrogen) atoms. The fourth-order valence-corrected chi connectivity index (χ4v) is 6.68. The van der Waals surface area contributed by atoms with Gasteiger partial charge < -0.3 is 9.51 Å². The Morgan fingerprint density at radius 1 is 1.02 bits per heavy atom. The predicted octanol–water partition coefficient (Wildman–Crippen LogP) is 6.17. The lowest BCUT2D eigenvalue weighted by molar-refractivity contribution is -0.132. The zero-order valence-corrected chi connectivity index (χ0v) is 24.0. The number of carbonyl (C=O) groups excluding carboxylic acids is 2. The lowest BCUT2D eigenvalue weighted by atomic mass is 9.96. The topological polar surface area (TPSA) is 101 Å². The van der Waals surface area contributed by atoms with Crippen LogP contribution in [0.4, 0.5) is 9.52 Å². The monoisotopic (exact) mass is 585 g/mol. The van der Waals surface area contributed by atoms with Gasteiger partial charge in [0.2, 0.25) is 5.13 Å². The normalized spacial score (nSPS) is 16.7. The van der Waals surface area contributed by atoms with Crippen LogP contribution in [0.15, 0.2) is 76.8 Å². The SMILES string of the molecule is Cc1ccc(C2C(=C(O)c3nc4c(C)cccn4c3C)C(=O)C(=O)N2c2nnc(SCc3ccc(F)cc3)s2)cc1. The highest BCUT2D eigenvalue weighted by atomic mass is 32.2. The third kappa shape index (κ3) is 4.81. The van der Waals surface area contributed by atoms with Crippen LogP contribution in [-0.2, 0) is 15.3 Å². The second-order valence-corrected chi connectivity index (χ2v) is 12.0. The van der Waals surface area contributed by atoms with Gasteiger partial charge in [-0.15, -0.1) is 10.2 Å². The van der Waals surface area contributed by atoms with E-state index in [1.807, 2.05) is 60.8 Å². The molecule has 4 heterocycles. The summed E-state index contributed by atoms with van der Waals surface area (Å²) >= 11 is 2.57. The molecule has 11 heteroatoms. The van der Waals surface area contributed by atoms with E-state index < -0.39 is 17.7 Å². The highest BCUT2D eigenvalue weighted by Gasteiger charge is 2.48. The predicted molar refractivity (Wildman–Crippen MR) is 156 cm³/mol. The first-order valence-corrected chi connectivity index (χ1v) is 14.6. The minimum Gasteiger partial charge on any atom is -0.505 e. The summed E-state index contributed by atoms with van der Waals surface area (Å²) in [5, 5.41) is 20.3. The molecule has 1 aliphatic heterocycles. The van der Waals surface area contributed by atoms with E-state index in [0.29, 0.717) is 27.0 Å². The van der Waals surface area contributed by atoms with Crippen molar-refractivity contribution in [3.05, 3.63) is 112 Å². The van der Waals surface area contributed by atoms with Gasteiger partial charge in [0.1, 0.15) is 17.2 Å². The molecule has 1 amide bonds. The van der Waals surface area contributed by atoms with Crippen molar-refractivity contribution in [2.24, 2.45) is 0 Å². The van der Waals surface area contributed by atoms with Crippen LogP contribution in [0.5, 0.6) is 0 Å². The van der Waals surface area contributed by atoms with Gasteiger partial charge in [-0.25, -0.2) is 9.37 Å². The first-order valence-electron chi connectivity index (χ1n) is 12.8. The number of hydrogen-bond acceptors (Lipinski definition) is 8. The number of fused-ring (bicyclic) bond motifs is 1. The average molecular weight is 586 g/mol. The van der Waals surface area contributed by atoms with E-state index in [2.05, 4.69) is 15.2 Å². The summed E-state index contributed by atoms with van der Waals surface area (Å²) in [6, 6.07) is 16.5. The summed E-state index contributed by atoms with van der Waals surface area (Å²) < 4.78 is 15.7. The highest BCUT2D eigenvalue weighted by molar-refractivity contribution is 8.00. The molecule has 1 atom stereocenters. The number of hydrogen-bond donors (Lipinski definition) is 1. The Balaban J connectivity index is 1.43. The van der Waals surface area contributed by atoms with Crippen molar-refractivity contribution in [3.63, 3.8) is 0 Å². The van der Waals surface area contributed by atoms with Gasteiger partial charge in [-0.2, -0.15) is 0 Å². The largest absolute Gasteiger partial charge is 0.505 e. The van der Waals surface area contributed by atoms with Crippen molar-refractivity contribution in [1.82, 2.24) is 19.6 Å². The van der Waals surface area contributed by atoms with Crippen LogP contribution >= 0.6 is 23.1 Å². The van der Waals surface area contributed by atoms with Crippen LogP contribution in [0.2, 0.25) is 0 Å². The molecule has 1 aliphatic rings. The Hall–Kier alpha value is -4.35.